The fraction of sp³-hybridized carbons (Fsp3) is 0.268. The molecule has 0 aromatic heterocycles. The van der Waals surface area contributed by atoms with Gasteiger partial charge in [0.15, 0.2) is 11.6 Å². The number of nitrogens with one attached hydrogen (secondary N) is 1. The molecular weight excluding hydrogens is 649 g/mol. The monoisotopic (exact) mass is 685 g/mol. The van der Waals surface area contributed by atoms with E-state index in [1.54, 1.807) is 72.8 Å². The molecule has 6 atom stereocenters. The number of hydrogen-bond donors (Lipinski definition) is 3. The summed E-state index contributed by atoms with van der Waals surface area (Å²) in [5, 5.41) is 22.1. The maximum atomic E-state index is 15.3. The zero-order valence-electron chi connectivity index (χ0n) is 27.8. The van der Waals surface area contributed by atoms with Crippen LogP contribution in [0, 0.1) is 36.4 Å². The lowest BCUT2D eigenvalue weighted by atomic mass is 9.49. The molecule has 4 amide bonds. The normalized spacial score (nSPS) is 26.9. The Kier molecular flexibility index (Phi) is 7.77. The molecule has 4 aromatic carbocycles. The predicted molar refractivity (Wildman–Crippen MR) is 185 cm³/mol. The highest BCUT2D eigenvalue weighted by Gasteiger charge is 2.70. The average molecular weight is 686 g/mol. The molecule has 0 unspecified atom stereocenters. The van der Waals surface area contributed by atoms with Crippen LogP contribution in [0.1, 0.15) is 41.0 Å². The van der Waals surface area contributed by atoms with Crippen LogP contribution in [0.3, 0.4) is 0 Å². The van der Waals surface area contributed by atoms with Gasteiger partial charge in [0.1, 0.15) is 5.75 Å². The summed E-state index contributed by atoms with van der Waals surface area (Å²) in [7, 11) is 0. The zero-order valence-corrected chi connectivity index (χ0v) is 27.8. The van der Waals surface area contributed by atoms with E-state index < -0.39 is 58.4 Å². The maximum absolute atomic E-state index is 15.3. The van der Waals surface area contributed by atoms with E-state index in [1.807, 2.05) is 25.1 Å². The van der Waals surface area contributed by atoms with Gasteiger partial charge in [-0.3, -0.25) is 29.5 Å². The highest BCUT2D eigenvalue weighted by molar-refractivity contribution is 6.13. The number of phenolic OH excluding ortho intramolecular Hbond substituents is 2. The first kappa shape index (κ1) is 32.4. The minimum absolute atomic E-state index is 0.0932. The minimum atomic E-state index is -1.61. The summed E-state index contributed by atoms with van der Waals surface area (Å²) in [5.74, 6) is -7.23. The second kappa shape index (κ2) is 12.2. The Morgan fingerprint density at radius 2 is 1.55 bits per heavy atom. The molecule has 4 aromatic rings. The van der Waals surface area contributed by atoms with E-state index >= 15 is 9.18 Å². The van der Waals surface area contributed by atoms with E-state index in [1.165, 1.54) is 11.0 Å². The SMILES string of the molecule is Cc1ccc(NN2C(=O)[C@@H]3C[C@@H]4C(=CC[C@@H]5C(=O)N(CCc6ccc(O)cc6)C(=O)[C@@H]54)[C@H](c4cccc(F)c4O)[C@]3(c3ccccc3)C2=O)cc1. The third-order valence-corrected chi connectivity index (χ3v) is 11.4. The molecule has 0 spiro atoms. The lowest BCUT2D eigenvalue weighted by molar-refractivity contribution is -0.141. The molecule has 51 heavy (non-hydrogen) atoms. The van der Waals surface area contributed by atoms with Crippen molar-refractivity contribution in [3.8, 4) is 11.5 Å². The molecular formula is C41H36FN3O6. The number of hydrogen-bond acceptors (Lipinski definition) is 7. The van der Waals surface area contributed by atoms with Crippen LogP contribution >= 0.6 is 0 Å². The van der Waals surface area contributed by atoms with Crippen LogP contribution in [-0.4, -0.2) is 50.3 Å². The number of rotatable bonds is 7. The van der Waals surface area contributed by atoms with Gasteiger partial charge in [0.2, 0.25) is 11.8 Å². The van der Waals surface area contributed by atoms with Gasteiger partial charge >= 0.3 is 0 Å². The Morgan fingerprint density at radius 3 is 2.27 bits per heavy atom. The summed E-state index contributed by atoms with van der Waals surface area (Å²) in [4.78, 5) is 59.3. The van der Waals surface area contributed by atoms with Gasteiger partial charge in [-0.1, -0.05) is 83.9 Å². The number of carbonyl (C=O) groups is 4. The molecule has 3 fully saturated rings. The van der Waals surface area contributed by atoms with Crippen molar-refractivity contribution in [2.75, 3.05) is 12.0 Å². The van der Waals surface area contributed by atoms with Crippen molar-refractivity contribution < 1.29 is 33.8 Å². The van der Waals surface area contributed by atoms with Crippen LogP contribution in [-0.2, 0) is 31.0 Å². The molecule has 258 valence electrons. The van der Waals surface area contributed by atoms with Crippen LogP contribution in [0.15, 0.2) is 109 Å². The van der Waals surface area contributed by atoms with Gasteiger partial charge in [-0.05, 0) is 73.6 Å². The summed E-state index contributed by atoms with van der Waals surface area (Å²) in [6.07, 6.45) is 2.58. The van der Waals surface area contributed by atoms with Crippen molar-refractivity contribution in [2.45, 2.75) is 37.5 Å². The number of para-hydroxylation sites is 1. The maximum Gasteiger partial charge on any atom is 0.260 e. The number of aromatic hydroxyl groups is 2. The molecule has 3 N–H and O–H groups in total. The Hall–Kier alpha value is -5.77. The fourth-order valence-corrected chi connectivity index (χ4v) is 9.05. The minimum Gasteiger partial charge on any atom is -0.508 e. The van der Waals surface area contributed by atoms with Crippen molar-refractivity contribution in [3.63, 3.8) is 0 Å². The summed E-state index contributed by atoms with van der Waals surface area (Å²) < 4.78 is 15.3. The molecule has 2 aliphatic heterocycles. The number of allylic oxidation sites excluding steroid dienone is 2. The molecule has 0 bridgehead atoms. The second-order valence-electron chi connectivity index (χ2n) is 14.0. The van der Waals surface area contributed by atoms with Gasteiger partial charge in [0.25, 0.3) is 11.8 Å². The number of carbonyl (C=O) groups excluding carboxylic acids is 4. The number of amides is 4. The number of aryl methyl sites for hydroxylation is 1. The van der Waals surface area contributed by atoms with E-state index in [0.717, 1.165) is 22.2 Å². The number of anilines is 1. The second-order valence-corrected chi connectivity index (χ2v) is 14.0. The first-order valence-electron chi connectivity index (χ1n) is 17.2. The lowest BCUT2D eigenvalue weighted by Crippen LogP contribution is -2.53. The summed E-state index contributed by atoms with van der Waals surface area (Å²) >= 11 is 0. The molecule has 2 heterocycles. The van der Waals surface area contributed by atoms with Crippen LogP contribution in [0.4, 0.5) is 10.1 Å². The Morgan fingerprint density at radius 1 is 0.824 bits per heavy atom. The van der Waals surface area contributed by atoms with E-state index in [9.17, 15) is 24.6 Å². The quantitative estimate of drug-likeness (QED) is 0.167. The van der Waals surface area contributed by atoms with E-state index in [2.05, 4.69) is 5.43 Å². The molecule has 2 saturated heterocycles. The van der Waals surface area contributed by atoms with Crippen molar-refractivity contribution in [3.05, 3.63) is 137 Å². The molecule has 1 saturated carbocycles. The predicted octanol–water partition coefficient (Wildman–Crippen LogP) is 5.77. The number of hydrazine groups is 1. The first-order chi connectivity index (χ1) is 24.6. The van der Waals surface area contributed by atoms with Gasteiger partial charge in [0, 0.05) is 18.0 Å². The van der Waals surface area contributed by atoms with Crippen molar-refractivity contribution in [1.82, 2.24) is 9.91 Å². The average Bonchev–Trinajstić information content (AvgIpc) is 3.51. The standard InChI is InChI=1S/C41H36FN3O6/c1-23-10-14-26(15-11-23)43-45-38(49)32-22-31-28(18-19-29-34(31)39(50)44(37(29)48)21-20-24-12-16-27(46)17-13-24)35(30-8-5-9-33(42)36(30)47)41(32,40(45)51)25-6-3-2-4-7-25/h2-18,29,31-32,34-35,43,46-47H,19-22H2,1H3/t29-,31+,32-,34-,35+,41+/m0/s1. The fourth-order valence-electron chi connectivity index (χ4n) is 9.05. The van der Waals surface area contributed by atoms with Crippen LogP contribution in [0.5, 0.6) is 11.5 Å². The number of nitrogens with zero attached hydrogens (tertiary/aromatic N) is 2. The summed E-state index contributed by atoms with van der Waals surface area (Å²) in [6.45, 7) is 2.08. The number of phenols is 2. The topological polar surface area (TPSA) is 127 Å². The molecule has 0 radical (unpaired) electrons. The van der Waals surface area contributed by atoms with Crippen molar-refractivity contribution in [2.24, 2.45) is 23.7 Å². The highest BCUT2D eigenvalue weighted by atomic mass is 19.1. The smallest absolute Gasteiger partial charge is 0.260 e. The molecule has 4 aliphatic rings. The third-order valence-electron chi connectivity index (χ3n) is 11.4. The van der Waals surface area contributed by atoms with Crippen LogP contribution in [0.25, 0.3) is 0 Å². The summed E-state index contributed by atoms with van der Waals surface area (Å²) in [5.41, 5.74) is 5.09. The molecule has 10 heteroatoms. The third kappa shape index (κ3) is 4.95. The van der Waals surface area contributed by atoms with Crippen LogP contribution in [0.2, 0.25) is 0 Å². The number of likely N-dealkylation sites (tertiary alicyclic amines) is 1. The number of halogens is 1. The Balaban J connectivity index is 1.26. The largest absolute Gasteiger partial charge is 0.508 e. The van der Waals surface area contributed by atoms with E-state index in [-0.39, 0.29) is 42.5 Å². The number of imide groups is 2. The van der Waals surface area contributed by atoms with E-state index in [4.69, 9.17) is 0 Å². The number of benzene rings is 4. The van der Waals surface area contributed by atoms with Crippen molar-refractivity contribution in [1.29, 1.82) is 0 Å². The van der Waals surface area contributed by atoms with Crippen LogP contribution < -0.4 is 5.43 Å². The summed E-state index contributed by atoms with van der Waals surface area (Å²) in [6, 6.07) is 26.9. The highest BCUT2D eigenvalue weighted by Crippen LogP contribution is 2.65. The molecule has 2 aliphatic carbocycles. The van der Waals surface area contributed by atoms with Crippen molar-refractivity contribution >= 4 is 29.3 Å². The van der Waals surface area contributed by atoms with Gasteiger partial charge in [0.05, 0.1) is 28.9 Å². The van der Waals surface area contributed by atoms with E-state index in [0.29, 0.717) is 23.2 Å². The molecule has 9 nitrogen and oxygen atoms in total. The van der Waals surface area contributed by atoms with Gasteiger partial charge in [-0.2, -0.15) is 5.01 Å². The molecule has 8 rings (SSSR count). The number of fused-ring (bicyclic) bond motifs is 4. The Bertz CT molecular complexity index is 2100. The zero-order chi connectivity index (χ0) is 35.6. The first-order valence-corrected chi connectivity index (χ1v) is 17.2. The lowest BCUT2D eigenvalue weighted by Gasteiger charge is -2.50. The van der Waals surface area contributed by atoms with Gasteiger partial charge < -0.3 is 10.2 Å². The van der Waals surface area contributed by atoms with Gasteiger partial charge in [-0.25, -0.2) is 4.39 Å². The Labute approximate surface area is 294 Å². The van der Waals surface area contributed by atoms with Gasteiger partial charge in [-0.15, -0.1) is 0 Å².